The number of halogens is 1. The molecule has 2 aliphatic heterocycles. The van der Waals surface area contributed by atoms with E-state index < -0.39 is 0 Å². The summed E-state index contributed by atoms with van der Waals surface area (Å²) in [6.07, 6.45) is 5.27. The number of carbonyl (C=O) groups excluding carboxylic acids is 1. The fourth-order valence-corrected chi connectivity index (χ4v) is 2.82. The zero-order valence-corrected chi connectivity index (χ0v) is 12.1. The highest BCUT2D eigenvalue weighted by Crippen LogP contribution is 2.19. The topological polar surface area (TPSA) is 59.4 Å². The van der Waals surface area contributed by atoms with Crippen LogP contribution in [-0.2, 0) is 11.3 Å². The second-order valence-electron chi connectivity index (χ2n) is 5.49. The quantitative estimate of drug-likeness (QED) is 0.916. The highest BCUT2D eigenvalue weighted by Gasteiger charge is 2.32. The maximum Gasteiger partial charge on any atom is 0.317 e. The second kappa shape index (κ2) is 6.01. The van der Waals surface area contributed by atoms with Gasteiger partial charge in [-0.1, -0.05) is 11.6 Å². The van der Waals surface area contributed by atoms with Crippen LogP contribution in [0.15, 0.2) is 12.4 Å². The normalized spacial score (nSPS) is 20.8. The molecule has 0 aromatic carbocycles. The third kappa shape index (κ3) is 3.24. The van der Waals surface area contributed by atoms with Crippen LogP contribution in [0.2, 0.25) is 5.02 Å². The molecule has 110 valence electrons. The molecular formula is C13H19ClN4O2. The first-order valence-corrected chi connectivity index (χ1v) is 7.39. The summed E-state index contributed by atoms with van der Waals surface area (Å²) in [5.41, 5.74) is 0. The average molecular weight is 299 g/mol. The van der Waals surface area contributed by atoms with E-state index in [9.17, 15) is 4.79 Å². The third-order valence-electron chi connectivity index (χ3n) is 3.84. The van der Waals surface area contributed by atoms with Gasteiger partial charge < -0.3 is 15.0 Å². The predicted octanol–water partition coefficient (Wildman–Crippen LogP) is 1.36. The SMILES string of the molecule is O=C(NC1CCOCC1)N1CC(Cn2cc(Cl)cn2)C1. The van der Waals surface area contributed by atoms with Crippen LogP contribution in [0.25, 0.3) is 0 Å². The highest BCUT2D eigenvalue weighted by atomic mass is 35.5. The number of ether oxygens (including phenoxy) is 1. The first-order chi connectivity index (χ1) is 9.70. The number of hydrogen-bond donors (Lipinski definition) is 1. The van der Waals surface area contributed by atoms with E-state index in [1.54, 1.807) is 6.20 Å². The monoisotopic (exact) mass is 298 g/mol. The van der Waals surface area contributed by atoms with Gasteiger partial charge in [0, 0.05) is 51.0 Å². The maximum absolute atomic E-state index is 12.0. The van der Waals surface area contributed by atoms with Crippen LogP contribution in [0.4, 0.5) is 4.79 Å². The first kappa shape index (κ1) is 13.7. The zero-order chi connectivity index (χ0) is 13.9. The van der Waals surface area contributed by atoms with Gasteiger partial charge in [-0.3, -0.25) is 4.68 Å². The number of carbonyl (C=O) groups is 1. The number of hydrogen-bond acceptors (Lipinski definition) is 3. The molecule has 0 radical (unpaired) electrons. The molecule has 2 saturated heterocycles. The van der Waals surface area contributed by atoms with Gasteiger partial charge >= 0.3 is 6.03 Å². The van der Waals surface area contributed by atoms with E-state index in [0.29, 0.717) is 10.9 Å². The molecule has 0 unspecified atom stereocenters. The van der Waals surface area contributed by atoms with Crippen molar-refractivity contribution in [3.05, 3.63) is 17.4 Å². The summed E-state index contributed by atoms with van der Waals surface area (Å²) in [5, 5.41) is 7.88. The van der Waals surface area contributed by atoms with Gasteiger partial charge in [-0.15, -0.1) is 0 Å². The Balaban J connectivity index is 1.39. The van der Waals surface area contributed by atoms with Crippen molar-refractivity contribution in [2.75, 3.05) is 26.3 Å². The van der Waals surface area contributed by atoms with Crippen molar-refractivity contribution in [3.8, 4) is 0 Å². The second-order valence-corrected chi connectivity index (χ2v) is 5.92. The van der Waals surface area contributed by atoms with E-state index >= 15 is 0 Å². The van der Waals surface area contributed by atoms with Gasteiger partial charge in [0.2, 0.25) is 0 Å². The van der Waals surface area contributed by atoms with E-state index in [1.165, 1.54) is 0 Å². The molecule has 0 saturated carbocycles. The summed E-state index contributed by atoms with van der Waals surface area (Å²) in [5.74, 6) is 0.464. The molecule has 1 aromatic heterocycles. The van der Waals surface area contributed by atoms with Crippen LogP contribution in [0.3, 0.4) is 0 Å². The van der Waals surface area contributed by atoms with Gasteiger partial charge in [0.05, 0.1) is 11.2 Å². The molecule has 2 amide bonds. The molecule has 1 aromatic rings. The van der Waals surface area contributed by atoms with Crippen LogP contribution in [0.5, 0.6) is 0 Å². The minimum atomic E-state index is 0.0478. The van der Waals surface area contributed by atoms with Crippen LogP contribution in [0, 0.1) is 5.92 Å². The molecule has 0 aliphatic carbocycles. The number of aromatic nitrogens is 2. The van der Waals surface area contributed by atoms with Gasteiger partial charge in [0.15, 0.2) is 0 Å². The minimum Gasteiger partial charge on any atom is -0.381 e. The molecule has 2 aliphatic rings. The fourth-order valence-electron chi connectivity index (χ4n) is 2.66. The zero-order valence-electron chi connectivity index (χ0n) is 11.3. The van der Waals surface area contributed by atoms with Crippen molar-refractivity contribution in [1.82, 2.24) is 20.0 Å². The Morgan fingerprint density at radius 1 is 1.45 bits per heavy atom. The smallest absolute Gasteiger partial charge is 0.317 e. The van der Waals surface area contributed by atoms with Gasteiger partial charge in [-0.2, -0.15) is 5.10 Å². The molecular weight excluding hydrogens is 280 g/mol. The first-order valence-electron chi connectivity index (χ1n) is 7.02. The van der Waals surface area contributed by atoms with Crippen molar-refractivity contribution in [2.45, 2.75) is 25.4 Å². The maximum atomic E-state index is 12.0. The number of nitrogens with zero attached hydrogens (tertiary/aromatic N) is 3. The van der Waals surface area contributed by atoms with E-state index in [1.807, 2.05) is 15.8 Å². The lowest BCUT2D eigenvalue weighted by Crippen LogP contribution is -2.56. The number of nitrogens with one attached hydrogen (secondary N) is 1. The Morgan fingerprint density at radius 3 is 2.85 bits per heavy atom. The van der Waals surface area contributed by atoms with E-state index in [-0.39, 0.29) is 12.1 Å². The van der Waals surface area contributed by atoms with Crippen LogP contribution < -0.4 is 5.32 Å². The van der Waals surface area contributed by atoms with Crippen molar-refractivity contribution < 1.29 is 9.53 Å². The predicted molar refractivity (Wildman–Crippen MR) is 74.7 cm³/mol. The molecule has 1 N–H and O–H groups in total. The largest absolute Gasteiger partial charge is 0.381 e. The Hall–Kier alpha value is -1.27. The third-order valence-corrected chi connectivity index (χ3v) is 4.04. The molecule has 3 heterocycles. The summed E-state index contributed by atoms with van der Waals surface area (Å²) in [4.78, 5) is 13.9. The molecule has 2 fully saturated rings. The lowest BCUT2D eigenvalue weighted by Gasteiger charge is -2.40. The molecule has 6 nitrogen and oxygen atoms in total. The number of rotatable bonds is 3. The van der Waals surface area contributed by atoms with Crippen molar-refractivity contribution in [1.29, 1.82) is 0 Å². The van der Waals surface area contributed by atoms with Crippen molar-refractivity contribution >= 4 is 17.6 Å². The number of urea groups is 1. The lowest BCUT2D eigenvalue weighted by atomic mass is 10.0. The molecule has 20 heavy (non-hydrogen) atoms. The van der Waals surface area contributed by atoms with Crippen molar-refractivity contribution in [3.63, 3.8) is 0 Å². The molecule has 7 heteroatoms. The van der Waals surface area contributed by atoms with Gasteiger partial charge in [-0.05, 0) is 12.8 Å². The summed E-state index contributed by atoms with van der Waals surface area (Å²) < 4.78 is 7.12. The Kier molecular flexibility index (Phi) is 4.12. The number of amides is 2. The van der Waals surface area contributed by atoms with Gasteiger partial charge in [0.25, 0.3) is 0 Å². The van der Waals surface area contributed by atoms with E-state index in [0.717, 1.165) is 45.7 Å². The standard InChI is InChI=1S/C13H19ClN4O2/c14-11-5-15-18(9-11)8-10-6-17(7-10)13(19)16-12-1-3-20-4-2-12/h5,9-10,12H,1-4,6-8H2,(H,16,19). The van der Waals surface area contributed by atoms with Gasteiger partial charge in [0.1, 0.15) is 0 Å². The fraction of sp³-hybridized carbons (Fsp3) is 0.692. The summed E-state index contributed by atoms with van der Waals surface area (Å²) >= 11 is 5.82. The van der Waals surface area contributed by atoms with E-state index in [2.05, 4.69) is 10.4 Å². The highest BCUT2D eigenvalue weighted by molar-refractivity contribution is 6.30. The molecule has 0 atom stereocenters. The Morgan fingerprint density at radius 2 is 2.20 bits per heavy atom. The minimum absolute atomic E-state index is 0.0478. The van der Waals surface area contributed by atoms with Crippen LogP contribution in [-0.4, -0.2) is 53.1 Å². The van der Waals surface area contributed by atoms with Crippen molar-refractivity contribution in [2.24, 2.45) is 5.92 Å². The van der Waals surface area contributed by atoms with Gasteiger partial charge in [-0.25, -0.2) is 4.79 Å². The Labute approximate surface area is 123 Å². The summed E-state index contributed by atoms with van der Waals surface area (Å²) in [6, 6.07) is 0.312. The molecule has 0 spiro atoms. The number of likely N-dealkylation sites (tertiary alicyclic amines) is 1. The average Bonchev–Trinajstić information content (AvgIpc) is 2.80. The molecule has 3 rings (SSSR count). The Bertz CT molecular complexity index is 467. The van der Waals surface area contributed by atoms with Crippen LogP contribution in [0.1, 0.15) is 12.8 Å². The lowest BCUT2D eigenvalue weighted by molar-refractivity contribution is 0.0705. The van der Waals surface area contributed by atoms with Crippen LogP contribution >= 0.6 is 11.6 Å². The summed E-state index contributed by atoms with van der Waals surface area (Å²) in [6.45, 7) is 3.87. The van der Waals surface area contributed by atoms with E-state index in [4.69, 9.17) is 16.3 Å². The molecule has 0 bridgehead atoms. The summed E-state index contributed by atoms with van der Waals surface area (Å²) in [7, 11) is 0.